The number of aromatic nitrogens is 3. The minimum absolute atomic E-state index is 0.0862. The maximum atomic E-state index is 12.1. The van der Waals surface area contributed by atoms with Crippen LogP contribution in [0.4, 0.5) is 5.69 Å². The number of rotatable bonds is 5. The fourth-order valence-electron chi connectivity index (χ4n) is 2.21. The van der Waals surface area contributed by atoms with Crippen molar-refractivity contribution < 1.29 is 4.79 Å². The topological polar surface area (TPSA) is 110 Å². The molecule has 3 rings (SSSR count). The van der Waals surface area contributed by atoms with E-state index >= 15 is 0 Å². The van der Waals surface area contributed by atoms with Crippen molar-refractivity contribution in [2.75, 3.05) is 16.9 Å². The molecule has 136 valence electrons. The van der Waals surface area contributed by atoms with Gasteiger partial charge in [-0.1, -0.05) is 51.4 Å². The largest absolute Gasteiger partial charge is 0.335 e. The Hall–Kier alpha value is -2.54. The Morgan fingerprint density at radius 1 is 1.33 bits per heavy atom. The molecule has 1 amide bonds. The number of halogens is 2. The first kappa shape index (κ1) is 19.2. The summed E-state index contributed by atoms with van der Waals surface area (Å²) in [6.07, 6.45) is 0. The summed E-state index contributed by atoms with van der Waals surface area (Å²) in [7, 11) is 0. The van der Waals surface area contributed by atoms with Gasteiger partial charge in [0.05, 0.1) is 16.3 Å². The molecule has 3 aromatic rings. The lowest BCUT2D eigenvalue weighted by Crippen LogP contribution is -2.16. The van der Waals surface area contributed by atoms with Crippen molar-refractivity contribution in [3.63, 3.8) is 0 Å². The van der Waals surface area contributed by atoms with Gasteiger partial charge in [0.1, 0.15) is 6.07 Å². The zero-order valence-electron chi connectivity index (χ0n) is 13.7. The minimum atomic E-state index is -0.258. The van der Waals surface area contributed by atoms with Crippen molar-refractivity contribution >= 4 is 50.9 Å². The number of thioether (sulfide) groups is 1. The SMILES string of the molecule is N#Cc1ccc(NC(=O)CSc2nnc(-c3ccccc3Br)n2N)cc1Cl. The average molecular weight is 464 g/mol. The van der Waals surface area contributed by atoms with Gasteiger partial charge in [0.2, 0.25) is 11.1 Å². The van der Waals surface area contributed by atoms with Crippen molar-refractivity contribution in [2.45, 2.75) is 5.16 Å². The molecule has 1 heterocycles. The molecule has 0 bridgehead atoms. The zero-order valence-corrected chi connectivity index (χ0v) is 16.8. The van der Waals surface area contributed by atoms with Crippen LogP contribution in [0.25, 0.3) is 11.4 Å². The minimum Gasteiger partial charge on any atom is -0.335 e. The third kappa shape index (κ3) is 4.42. The molecule has 3 N–H and O–H groups in total. The molecule has 7 nitrogen and oxygen atoms in total. The molecule has 0 saturated carbocycles. The van der Waals surface area contributed by atoms with Gasteiger partial charge in [0.25, 0.3) is 0 Å². The predicted molar refractivity (Wildman–Crippen MR) is 109 cm³/mol. The van der Waals surface area contributed by atoms with Crippen LogP contribution in [0.5, 0.6) is 0 Å². The molecule has 0 spiro atoms. The lowest BCUT2D eigenvalue weighted by Gasteiger charge is -2.07. The standard InChI is InChI=1S/C17H12BrClN6OS/c18-13-4-2-1-3-12(13)16-23-24-17(25(16)21)27-9-15(26)22-11-6-5-10(8-20)14(19)7-11/h1-7H,9,21H2,(H,22,26). The van der Waals surface area contributed by atoms with Gasteiger partial charge in [-0.05, 0) is 30.3 Å². The Bertz CT molecular complexity index is 1050. The van der Waals surface area contributed by atoms with Crippen LogP contribution < -0.4 is 11.2 Å². The summed E-state index contributed by atoms with van der Waals surface area (Å²) < 4.78 is 2.19. The van der Waals surface area contributed by atoms with Gasteiger partial charge in [-0.2, -0.15) is 5.26 Å². The maximum Gasteiger partial charge on any atom is 0.234 e. The number of hydrogen-bond acceptors (Lipinski definition) is 6. The molecular formula is C17H12BrClN6OS. The highest BCUT2D eigenvalue weighted by atomic mass is 79.9. The molecule has 0 aliphatic carbocycles. The van der Waals surface area contributed by atoms with Crippen molar-refractivity contribution in [3.8, 4) is 17.5 Å². The monoisotopic (exact) mass is 462 g/mol. The van der Waals surface area contributed by atoms with E-state index in [-0.39, 0.29) is 16.7 Å². The lowest BCUT2D eigenvalue weighted by molar-refractivity contribution is -0.113. The molecule has 2 aromatic carbocycles. The van der Waals surface area contributed by atoms with Gasteiger partial charge in [-0.3, -0.25) is 4.79 Å². The molecule has 0 radical (unpaired) electrons. The predicted octanol–water partition coefficient (Wildman–Crippen LogP) is 3.68. The van der Waals surface area contributed by atoms with Crippen molar-refractivity contribution in [2.24, 2.45) is 0 Å². The van der Waals surface area contributed by atoms with Crippen LogP contribution in [0.3, 0.4) is 0 Å². The molecule has 10 heteroatoms. The van der Waals surface area contributed by atoms with Crippen molar-refractivity contribution in [1.29, 1.82) is 5.26 Å². The Kier molecular flexibility index (Phi) is 6.01. The van der Waals surface area contributed by atoms with Crippen LogP contribution in [0.1, 0.15) is 5.56 Å². The second kappa shape index (κ2) is 8.43. The number of benzene rings is 2. The zero-order chi connectivity index (χ0) is 19.4. The van der Waals surface area contributed by atoms with Crippen LogP contribution >= 0.6 is 39.3 Å². The number of nitriles is 1. The summed E-state index contributed by atoms with van der Waals surface area (Å²) in [6.45, 7) is 0. The van der Waals surface area contributed by atoms with Gasteiger partial charge in [-0.25, -0.2) is 4.68 Å². The number of anilines is 1. The first-order valence-electron chi connectivity index (χ1n) is 7.57. The molecule has 0 unspecified atom stereocenters. The number of amides is 1. The second-order valence-electron chi connectivity index (χ2n) is 5.30. The smallest absolute Gasteiger partial charge is 0.234 e. The molecule has 0 fully saturated rings. The van der Waals surface area contributed by atoms with Crippen LogP contribution in [0, 0.1) is 11.3 Å². The summed E-state index contributed by atoms with van der Waals surface area (Å²) in [5.41, 5.74) is 1.66. The molecule has 0 aliphatic heterocycles. The normalized spacial score (nSPS) is 10.4. The maximum absolute atomic E-state index is 12.1. The first-order chi connectivity index (χ1) is 13.0. The van der Waals surface area contributed by atoms with Crippen molar-refractivity contribution in [3.05, 3.63) is 57.5 Å². The fraction of sp³-hybridized carbons (Fsp3) is 0.0588. The highest BCUT2D eigenvalue weighted by molar-refractivity contribution is 9.10. The van der Waals surface area contributed by atoms with E-state index in [1.165, 1.54) is 10.7 Å². The van der Waals surface area contributed by atoms with Gasteiger partial charge in [-0.15, -0.1) is 10.2 Å². The summed E-state index contributed by atoms with van der Waals surface area (Å²) in [5.74, 6) is 6.38. The third-order valence-corrected chi connectivity index (χ3v) is 5.43. The Labute approximate surface area is 172 Å². The Morgan fingerprint density at radius 3 is 2.81 bits per heavy atom. The van der Waals surface area contributed by atoms with Crippen LogP contribution in [-0.4, -0.2) is 26.5 Å². The van der Waals surface area contributed by atoms with E-state index in [9.17, 15) is 4.79 Å². The average Bonchev–Trinajstić information content (AvgIpc) is 3.01. The van der Waals surface area contributed by atoms with E-state index in [4.69, 9.17) is 22.7 Å². The van der Waals surface area contributed by atoms with E-state index in [0.717, 1.165) is 21.8 Å². The molecule has 0 aliphatic rings. The molecule has 0 saturated heterocycles. The van der Waals surface area contributed by atoms with E-state index in [2.05, 4.69) is 31.4 Å². The number of nitrogens with zero attached hydrogens (tertiary/aromatic N) is 4. The molecular weight excluding hydrogens is 452 g/mol. The highest BCUT2D eigenvalue weighted by Crippen LogP contribution is 2.28. The van der Waals surface area contributed by atoms with Crippen LogP contribution in [0.15, 0.2) is 52.1 Å². The Balaban J connectivity index is 1.65. The first-order valence-corrected chi connectivity index (χ1v) is 9.73. The lowest BCUT2D eigenvalue weighted by atomic mass is 10.2. The van der Waals surface area contributed by atoms with Gasteiger partial charge in [0, 0.05) is 15.7 Å². The number of nitrogen functional groups attached to an aromatic ring is 1. The van der Waals surface area contributed by atoms with Gasteiger partial charge < -0.3 is 11.2 Å². The van der Waals surface area contributed by atoms with Crippen LogP contribution in [0.2, 0.25) is 5.02 Å². The van der Waals surface area contributed by atoms with Gasteiger partial charge >= 0.3 is 0 Å². The highest BCUT2D eigenvalue weighted by Gasteiger charge is 2.15. The quantitative estimate of drug-likeness (QED) is 0.441. The van der Waals surface area contributed by atoms with Gasteiger partial charge in [0.15, 0.2) is 5.82 Å². The number of carbonyl (C=O) groups excluding carboxylic acids is 1. The van der Waals surface area contributed by atoms with E-state index in [1.807, 2.05) is 30.3 Å². The number of nitrogens with one attached hydrogen (secondary N) is 1. The Morgan fingerprint density at radius 2 is 2.11 bits per heavy atom. The van der Waals surface area contributed by atoms with E-state index < -0.39 is 0 Å². The summed E-state index contributed by atoms with van der Waals surface area (Å²) >= 11 is 10.6. The summed E-state index contributed by atoms with van der Waals surface area (Å²) in [6, 6.07) is 14.2. The molecule has 1 aromatic heterocycles. The summed E-state index contributed by atoms with van der Waals surface area (Å²) in [5, 5.41) is 20.4. The van der Waals surface area contributed by atoms with Crippen molar-refractivity contribution in [1.82, 2.24) is 14.9 Å². The molecule has 27 heavy (non-hydrogen) atoms. The fourth-order valence-corrected chi connectivity index (χ4v) is 3.55. The second-order valence-corrected chi connectivity index (χ2v) is 7.50. The summed E-state index contributed by atoms with van der Waals surface area (Å²) in [4.78, 5) is 12.1. The van der Waals surface area contributed by atoms with E-state index in [1.54, 1.807) is 12.1 Å². The van der Waals surface area contributed by atoms with E-state index in [0.29, 0.717) is 22.2 Å². The number of hydrogen-bond donors (Lipinski definition) is 2. The van der Waals surface area contributed by atoms with Crippen LogP contribution in [-0.2, 0) is 4.79 Å². The number of nitrogens with two attached hydrogens (primary N) is 1. The molecule has 0 atom stereocenters. The third-order valence-electron chi connectivity index (χ3n) is 3.48. The number of carbonyl (C=O) groups is 1.